The Kier molecular flexibility index (Phi) is 15.1. The summed E-state index contributed by atoms with van der Waals surface area (Å²) < 4.78 is 0. The molecule has 0 saturated carbocycles. The number of rotatable bonds is 10. The van der Waals surface area contributed by atoms with Gasteiger partial charge in [0, 0.05) is 26.2 Å². The number of unbranched alkanes of at least 4 members (excludes halogenated alkanes) is 1. The van der Waals surface area contributed by atoms with Gasteiger partial charge in [0.15, 0.2) is 5.96 Å². The molecule has 1 unspecified atom stereocenters. The molecule has 1 aliphatic heterocycles. The Morgan fingerprint density at radius 2 is 1.95 bits per heavy atom. The van der Waals surface area contributed by atoms with Gasteiger partial charge in [-0.05, 0) is 63.6 Å². The lowest BCUT2D eigenvalue weighted by Gasteiger charge is -2.19. The minimum Gasteiger partial charge on any atom is -0.357 e. The fraction of sp³-hybridized carbons (Fsp3) is 0.938. The number of likely N-dealkylation sites (tertiary alicyclic amines) is 1. The first-order valence-corrected chi connectivity index (χ1v) is 9.89. The number of nitrogens with zero attached hydrogens (tertiary/aromatic N) is 2. The van der Waals surface area contributed by atoms with Gasteiger partial charge in [-0.3, -0.25) is 4.99 Å². The fourth-order valence-electron chi connectivity index (χ4n) is 2.63. The molecule has 0 bridgehead atoms. The van der Waals surface area contributed by atoms with Crippen molar-refractivity contribution in [2.24, 2.45) is 10.9 Å². The molecular weight excluding hydrogens is 407 g/mol. The highest BCUT2D eigenvalue weighted by molar-refractivity contribution is 14.0. The van der Waals surface area contributed by atoms with Crippen LogP contribution >= 0.6 is 35.7 Å². The predicted molar refractivity (Wildman–Crippen MR) is 112 cm³/mol. The second kappa shape index (κ2) is 14.9. The number of halogens is 1. The van der Waals surface area contributed by atoms with Gasteiger partial charge in [-0.25, -0.2) is 0 Å². The molecule has 0 amide bonds. The van der Waals surface area contributed by atoms with Gasteiger partial charge in [-0.2, -0.15) is 11.8 Å². The van der Waals surface area contributed by atoms with Crippen LogP contribution in [0.15, 0.2) is 4.99 Å². The summed E-state index contributed by atoms with van der Waals surface area (Å²) in [6.07, 6.45) is 7.40. The zero-order valence-corrected chi connectivity index (χ0v) is 17.7. The van der Waals surface area contributed by atoms with E-state index in [4.69, 9.17) is 4.99 Å². The van der Waals surface area contributed by atoms with Crippen molar-refractivity contribution in [1.82, 2.24) is 15.5 Å². The molecule has 1 fully saturated rings. The summed E-state index contributed by atoms with van der Waals surface area (Å²) in [5, 5.41) is 6.79. The van der Waals surface area contributed by atoms with E-state index in [1.165, 1.54) is 51.1 Å². The van der Waals surface area contributed by atoms with E-state index in [1.807, 2.05) is 11.8 Å². The third kappa shape index (κ3) is 10.9. The van der Waals surface area contributed by atoms with E-state index in [-0.39, 0.29) is 24.0 Å². The van der Waals surface area contributed by atoms with Crippen LogP contribution in [-0.4, -0.2) is 62.1 Å². The van der Waals surface area contributed by atoms with Crippen molar-refractivity contribution in [1.29, 1.82) is 0 Å². The maximum atomic E-state index is 4.74. The highest BCUT2D eigenvalue weighted by Gasteiger charge is 2.14. The largest absolute Gasteiger partial charge is 0.357 e. The summed E-state index contributed by atoms with van der Waals surface area (Å²) in [6, 6.07) is 0. The van der Waals surface area contributed by atoms with Gasteiger partial charge >= 0.3 is 0 Å². The second-order valence-electron chi connectivity index (χ2n) is 5.96. The van der Waals surface area contributed by atoms with Crippen LogP contribution in [0.25, 0.3) is 0 Å². The molecule has 1 rings (SSSR count). The molecule has 1 atom stereocenters. The summed E-state index contributed by atoms with van der Waals surface area (Å²) in [5.74, 6) is 2.87. The topological polar surface area (TPSA) is 39.7 Å². The maximum Gasteiger partial charge on any atom is 0.191 e. The summed E-state index contributed by atoms with van der Waals surface area (Å²) in [5.41, 5.74) is 0. The van der Waals surface area contributed by atoms with Crippen LogP contribution in [0.2, 0.25) is 0 Å². The fourth-order valence-corrected chi connectivity index (χ4v) is 3.12. The number of nitrogens with one attached hydrogen (secondary N) is 2. The lowest BCUT2D eigenvalue weighted by atomic mass is 10.2. The molecule has 0 radical (unpaired) electrons. The van der Waals surface area contributed by atoms with Crippen LogP contribution in [0.5, 0.6) is 0 Å². The van der Waals surface area contributed by atoms with Crippen molar-refractivity contribution in [3.8, 4) is 0 Å². The molecule has 132 valence electrons. The van der Waals surface area contributed by atoms with Crippen molar-refractivity contribution in [3.05, 3.63) is 0 Å². The lowest BCUT2D eigenvalue weighted by Crippen LogP contribution is -2.38. The molecule has 0 aromatic rings. The van der Waals surface area contributed by atoms with Crippen molar-refractivity contribution >= 4 is 41.7 Å². The standard InChI is InChI=1S/C16H34N4S.HI/c1-4-17-16(18-9-5-8-12-21-3)19-13-15(2)14-20-10-6-7-11-20;/h15H,4-14H2,1-3H3,(H2,17,18,19);1H. The zero-order chi connectivity index (χ0) is 15.3. The smallest absolute Gasteiger partial charge is 0.191 e. The van der Waals surface area contributed by atoms with E-state index >= 15 is 0 Å². The van der Waals surface area contributed by atoms with E-state index in [1.54, 1.807) is 0 Å². The van der Waals surface area contributed by atoms with Gasteiger partial charge in [-0.15, -0.1) is 24.0 Å². The number of aliphatic imine (C=N–C) groups is 1. The van der Waals surface area contributed by atoms with Crippen LogP contribution in [0, 0.1) is 5.92 Å². The summed E-state index contributed by atoms with van der Waals surface area (Å²) in [7, 11) is 0. The summed E-state index contributed by atoms with van der Waals surface area (Å²) in [6.45, 7) is 11.0. The Bertz CT molecular complexity index is 283. The predicted octanol–water partition coefficient (Wildman–Crippen LogP) is 3.03. The van der Waals surface area contributed by atoms with Crippen LogP contribution < -0.4 is 10.6 Å². The normalized spacial score (nSPS) is 17.1. The number of hydrogen-bond donors (Lipinski definition) is 2. The second-order valence-corrected chi connectivity index (χ2v) is 6.94. The summed E-state index contributed by atoms with van der Waals surface area (Å²) in [4.78, 5) is 7.31. The third-order valence-electron chi connectivity index (χ3n) is 3.74. The van der Waals surface area contributed by atoms with Crippen LogP contribution in [-0.2, 0) is 0 Å². The van der Waals surface area contributed by atoms with E-state index < -0.39 is 0 Å². The third-order valence-corrected chi connectivity index (χ3v) is 4.44. The van der Waals surface area contributed by atoms with E-state index in [9.17, 15) is 0 Å². The zero-order valence-electron chi connectivity index (χ0n) is 14.6. The number of hydrogen-bond acceptors (Lipinski definition) is 3. The monoisotopic (exact) mass is 442 g/mol. The molecule has 0 aliphatic carbocycles. The first-order chi connectivity index (χ1) is 10.3. The van der Waals surface area contributed by atoms with Crippen molar-refractivity contribution in [2.45, 2.75) is 39.5 Å². The molecule has 1 heterocycles. The SMILES string of the molecule is CCNC(=NCC(C)CN1CCCC1)NCCCCSC.I. The average Bonchev–Trinajstić information content (AvgIpc) is 2.97. The Balaban J connectivity index is 0.00000441. The minimum absolute atomic E-state index is 0. The van der Waals surface area contributed by atoms with Crippen molar-refractivity contribution in [3.63, 3.8) is 0 Å². The molecule has 6 heteroatoms. The Hall–Kier alpha value is 0.310. The van der Waals surface area contributed by atoms with Gasteiger partial charge < -0.3 is 15.5 Å². The van der Waals surface area contributed by atoms with Gasteiger partial charge in [0.25, 0.3) is 0 Å². The van der Waals surface area contributed by atoms with E-state index in [2.05, 4.69) is 35.6 Å². The molecule has 22 heavy (non-hydrogen) atoms. The molecule has 4 nitrogen and oxygen atoms in total. The van der Waals surface area contributed by atoms with Crippen LogP contribution in [0.3, 0.4) is 0 Å². The Labute approximate surface area is 158 Å². The van der Waals surface area contributed by atoms with Gasteiger partial charge in [0.1, 0.15) is 0 Å². The van der Waals surface area contributed by atoms with Gasteiger partial charge in [-0.1, -0.05) is 6.92 Å². The number of guanidine groups is 1. The van der Waals surface area contributed by atoms with E-state index in [0.717, 1.165) is 25.6 Å². The lowest BCUT2D eigenvalue weighted by molar-refractivity contribution is 0.291. The Morgan fingerprint density at radius 1 is 1.23 bits per heavy atom. The first-order valence-electron chi connectivity index (χ1n) is 8.49. The van der Waals surface area contributed by atoms with Gasteiger partial charge in [0.05, 0.1) is 0 Å². The Morgan fingerprint density at radius 3 is 2.59 bits per heavy atom. The maximum absolute atomic E-state index is 4.74. The van der Waals surface area contributed by atoms with Crippen molar-refractivity contribution in [2.75, 3.05) is 51.3 Å². The molecular formula is C16H35IN4S. The average molecular weight is 442 g/mol. The molecule has 2 N–H and O–H groups in total. The summed E-state index contributed by atoms with van der Waals surface area (Å²) >= 11 is 1.92. The molecule has 0 aromatic heterocycles. The molecule has 1 saturated heterocycles. The highest BCUT2D eigenvalue weighted by Crippen LogP contribution is 2.10. The molecule has 0 spiro atoms. The molecule has 1 aliphatic rings. The van der Waals surface area contributed by atoms with Gasteiger partial charge in [0.2, 0.25) is 0 Å². The quantitative estimate of drug-likeness (QED) is 0.236. The molecule has 0 aromatic carbocycles. The van der Waals surface area contributed by atoms with Crippen LogP contribution in [0.1, 0.15) is 39.5 Å². The van der Waals surface area contributed by atoms with E-state index in [0.29, 0.717) is 5.92 Å². The van der Waals surface area contributed by atoms with Crippen LogP contribution in [0.4, 0.5) is 0 Å². The first kappa shape index (κ1) is 22.3. The van der Waals surface area contributed by atoms with Crippen molar-refractivity contribution < 1.29 is 0 Å². The highest BCUT2D eigenvalue weighted by atomic mass is 127. The minimum atomic E-state index is 0. The number of thioether (sulfide) groups is 1.